The van der Waals surface area contributed by atoms with Crippen molar-refractivity contribution in [3.8, 4) is 17.7 Å². The minimum atomic E-state index is -0.426. The number of hydrogen-bond donors (Lipinski definition) is 1. The van der Waals surface area contributed by atoms with E-state index in [2.05, 4.69) is 15.4 Å². The minimum absolute atomic E-state index is 0.0170. The molecule has 0 atom stereocenters. The van der Waals surface area contributed by atoms with Crippen LogP contribution in [0.4, 0.5) is 11.4 Å². The molecule has 0 radical (unpaired) electrons. The Kier molecular flexibility index (Phi) is 6.74. The van der Waals surface area contributed by atoms with Gasteiger partial charge in [-0.1, -0.05) is 12.1 Å². The summed E-state index contributed by atoms with van der Waals surface area (Å²) in [7, 11) is 0. The molecule has 0 aliphatic heterocycles. The molecule has 0 aliphatic carbocycles. The van der Waals surface area contributed by atoms with Gasteiger partial charge in [-0.2, -0.15) is 10.4 Å². The molecule has 2 aromatic heterocycles. The third kappa shape index (κ3) is 5.05. The van der Waals surface area contributed by atoms with Crippen molar-refractivity contribution in [1.29, 1.82) is 5.26 Å². The normalized spacial score (nSPS) is 10.5. The number of carbonyl (C=O) groups excluding carboxylic acids is 1. The Morgan fingerprint density at radius 1 is 1.17 bits per heavy atom. The van der Waals surface area contributed by atoms with Gasteiger partial charge in [-0.25, -0.2) is 4.98 Å². The molecule has 10 heteroatoms. The Hall–Kier alpha value is -5.04. The summed E-state index contributed by atoms with van der Waals surface area (Å²) in [5.41, 5.74) is 3.90. The summed E-state index contributed by atoms with van der Waals surface area (Å²) >= 11 is 0. The second-order valence-corrected chi connectivity index (χ2v) is 8.13. The molecule has 0 spiro atoms. The molecule has 0 fully saturated rings. The Morgan fingerprint density at radius 2 is 1.92 bits per heavy atom. The predicted molar refractivity (Wildman–Crippen MR) is 132 cm³/mol. The highest BCUT2D eigenvalue weighted by molar-refractivity contribution is 6.04. The predicted octanol–water partition coefficient (Wildman–Crippen LogP) is 5.08. The first-order chi connectivity index (χ1) is 17.3. The van der Waals surface area contributed by atoms with Gasteiger partial charge in [0.25, 0.3) is 5.91 Å². The fraction of sp³-hybridized carbons (Fsp3) is 0.154. The standard InChI is InChI=1S/C26H22N6O4/c1-16-13-22(36-26-21(14-27)5-4-12-28-26)10-11-23(16)29-25(33)20-8-6-19(7-9-20)15-31-18(3)24(32(34)35)17(2)30-31/h4-13H,15H2,1-3H3,(H,29,33). The molecule has 180 valence electrons. The van der Waals surface area contributed by atoms with Crippen molar-refractivity contribution < 1.29 is 14.5 Å². The largest absolute Gasteiger partial charge is 0.438 e. The lowest BCUT2D eigenvalue weighted by Gasteiger charge is -2.12. The second kappa shape index (κ2) is 10.1. The first kappa shape index (κ1) is 24.1. The zero-order valence-corrected chi connectivity index (χ0v) is 19.8. The molecule has 0 unspecified atom stereocenters. The average Bonchev–Trinajstić information content (AvgIpc) is 3.14. The number of aryl methyl sites for hydroxylation is 2. The van der Waals surface area contributed by atoms with Gasteiger partial charge in [-0.05, 0) is 74.4 Å². The third-order valence-electron chi connectivity index (χ3n) is 5.63. The number of amides is 1. The molecular weight excluding hydrogens is 460 g/mol. The number of ether oxygens (including phenoxy) is 1. The molecule has 0 aliphatic rings. The molecule has 0 bridgehead atoms. The number of rotatable bonds is 7. The first-order valence-corrected chi connectivity index (χ1v) is 11.0. The van der Waals surface area contributed by atoms with E-state index >= 15 is 0 Å². The van der Waals surface area contributed by atoms with E-state index in [0.717, 1.165) is 11.1 Å². The maximum absolute atomic E-state index is 12.8. The number of benzene rings is 2. The lowest BCUT2D eigenvalue weighted by molar-refractivity contribution is -0.386. The Morgan fingerprint density at radius 3 is 2.56 bits per heavy atom. The van der Waals surface area contributed by atoms with Crippen molar-refractivity contribution >= 4 is 17.3 Å². The quantitative estimate of drug-likeness (QED) is 0.287. The van der Waals surface area contributed by atoms with E-state index in [1.165, 1.54) is 0 Å². The molecule has 10 nitrogen and oxygen atoms in total. The van der Waals surface area contributed by atoms with Crippen LogP contribution in [0.1, 0.15) is 38.4 Å². The van der Waals surface area contributed by atoms with Gasteiger partial charge in [-0.15, -0.1) is 0 Å². The monoisotopic (exact) mass is 482 g/mol. The fourth-order valence-electron chi connectivity index (χ4n) is 3.74. The van der Waals surface area contributed by atoms with E-state index < -0.39 is 4.92 Å². The molecular formula is C26H22N6O4. The number of aromatic nitrogens is 3. The highest BCUT2D eigenvalue weighted by atomic mass is 16.6. The minimum Gasteiger partial charge on any atom is -0.438 e. The van der Waals surface area contributed by atoms with E-state index in [9.17, 15) is 20.2 Å². The fourth-order valence-corrected chi connectivity index (χ4v) is 3.74. The van der Waals surface area contributed by atoms with Gasteiger partial charge >= 0.3 is 5.69 Å². The van der Waals surface area contributed by atoms with Crippen molar-refractivity contribution in [2.24, 2.45) is 0 Å². The van der Waals surface area contributed by atoms with Crippen LogP contribution in [0.15, 0.2) is 60.8 Å². The van der Waals surface area contributed by atoms with Gasteiger partial charge in [0.2, 0.25) is 5.88 Å². The number of nitrogens with zero attached hydrogens (tertiary/aromatic N) is 5. The SMILES string of the molecule is Cc1cc(Oc2ncccc2C#N)ccc1NC(=O)c1ccc(Cn2nc(C)c([N+](=O)[O-])c2C)cc1. The summed E-state index contributed by atoms with van der Waals surface area (Å²) in [5.74, 6) is 0.428. The highest BCUT2D eigenvalue weighted by Gasteiger charge is 2.21. The van der Waals surface area contributed by atoms with Gasteiger partial charge < -0.3 is 10.1 Å². The topological polar surface area (TPSA) is 136 Å². The zero-order chi connectivity index (χ0) is 25.8. The van der Waals surface area contributed by atoms with E-state index in [-0.39, 0.29) is 17.5 Å². The number of pyridine rings is 1. The van der Waals surface area contributed by atoms with E-state index in [4.69, 9.17) is 4.74 Å². The van der Waals surface area contributed by atoms with Gasteiger partial charge in [0.1, 0.15) is 28.8 Å². The molecule has 4 rings (SSSR count). The van der Waals surface area contributed by atoms with Crippen LogP contribution in [0.25, 0.3) is 0 Å². The van der Waals surface area contributed by atoms with Crippen LogP contribution in [0.2, 0.25) is 0 Å². The number of nitro groups is 1. The van der Waals surface area contributed by atoms with E-state index in [0.29, 0.717) is 40.5 Å². The van der Waals surface area contributed by atoms with Crippen LogP contribution in [0, 0.1) is 42.2 Å². The average molecular weight is 483 g/mol. The molecule has 1 amide bonds. The van der Waals surface area contributed by atoms with E-state index in [1.54, 1.807) is 79.3 Å². The van der Waals surface area contributed by atoms with Crippen LogP contribution in [0.5, 0.6) is 11.6 Å². The maximum atomic E-state index is 12.8. The summed E-state index contributed by atoms with van der Waals surface area (Å²) in [6.07, 6.45) is 1.55. The van der Waals surface area contributed by atoms with Crippen molar-refractivity contribution in [1.82, 2.24) is 14.8 Å². The number of anilines is 1. The number of carbonyl (C=O) groups is 1. The maximum Gasteiger partial charge on any atom is 0.312 e. The van der Waals surface area contributed by atoms with Crippen LogP contribution in [-0.4, -0.2) is 25.6 Å². The molecule has 36 heavy (non-hydrogen) atoms. The third-order valence-corrected chi connectivity index (χ3v) is 5.63. The van der Waals surface area contributed by atoms with E-state index in [1.807, 2.05) is 13.0 Å². The van der Waals surface area contributed by atoms with Crippen LogP contribution in [0.3, 0.4) is 0 Å². The Bertz CT molecular complexity index is 1500. The Balaban J connectivity index is 1.43. The molecule has 2 aromatic carbocycles. The molecule has 4 aromatic rings. The lowest BCUT2D eigenvalue weighted by Crippen LogP contribution is -2.13. The highest BCUT2D eigenvalue weighted by Crippen LogP contribution is 2.27. The van der Waals surface area contributed by atoms with Crippen molar-refractivity contribution in [3.63, 3.8) is 0 Å². The van der Waals surface area contributed by atoms with Crippen LogP contribution in [-0.2, 0) is 6.54 Å². The van der Waals surface area contributed by atoms with Crippen molar-refractivity contribution in [2.75, 3.05) is 5.32 Å². The van der Waals surface area contributed by atoms with Gasteiger partial charge in [0, 0.05) is 17.4 Å². The van der Waals surface area contributed by atoms with Crippen LogP contribution >= 0.6 is 0 Å². The van der Waals surface area contributed by atoms with Gasteiger partial charge in [-0.3, -0.25) is 19.6 Å². The summed E-state index contributed by atoms with van der Waals surface area (Å²) in [5, 5.41) is 27.6. The molecule has 2 heterocycles. The summed E-state index contributed by atoms with van der Waals surface area (Å²) < 4.78 is 7.31. The van der Waals surface area contributed by atoms with Gasteiger partial charge in [0.05, 0.1) is 11.5 Å². The van der Waals surface area contributed by atoms with Crippen LogP contribution < -0.4 is 10.1 Å². The lowest BCUT2D eigenvalue weighted by atomic mass is 10.1. The molecule has 1 N–H and O–H groups in total. The van der Waals surface area contributed by atoms with Gasteiger partial charge in [0.15, 0.2) is 0 Å². The smallest absolute Gasteiger partial charge is 0.312 e. The number of nitriles is 1. The summed E-state index contributed by atoms with van der Waals surface area (Å²) in [4.78, 5) is 27.7. The van der Waals surface area contributed by atoms with Crippen molar-refractivity contribution in [3.05, 3.63) is 105 Å². The summed E-state index contributed by atoms with van der Waals surface area (Å²) in [6.45, 7) is 5.46. The molecule has 0 saturated heterocycles. The zero-order valence-electron chi connectivity index (χ0n) is 19.8. The number of hydrogen-bond acceptors (Lipinski definition) is 7. The number of nitrogens with one attached hydrogen (secondary N) is 1. The second-order valence-electron chi connectivity index (χ2n) is 8.13. The summed E-state index contributed by atoms with van der Waals surface area (Å²) in [6, 6.07) is 17.5. The first-order valence-electron chi connectivity index (χ1n) is 11.0. The Labute approximate surface area is 206 Å². The van der Waals surface area contributed by atoms with Crippen molar-refractivity contribution in [2.45, 2.75) is 27.3 Å². The molecule has 0 saturated carbocycles.